The van der Waals surface area contributed by atoms with Crippen molar-refractivity contribution in [1.29, 1.82) is 0 Å². The van der Waals surface area contributed by atoms with Gasteiger partial charge in [0.1, 0.15) is 6.29 Å². The maximum absolute atomic E-state index is 10.4. The van der Waals surface area contributed by atoms with E-state index in [1.54, 1.807) is 0 Å². The Labute approximate surface area is 89.5 Å². The number of benzene rings is 1. The molecule has 0 bridgehead atoms. The van der Waals surface area contributed by atoms with Crippen molar-refractivity contribution in [3.05, 3.63) is 36.5 Å². The van der Waals surface area contributed by atoms with Gasteiger partial charge in [-0.25, -0.2) is 0 Å². The van der Waals surface area contributed by atoms with Crippen molar-refractivity contribution in [3.63, 3.8) is 0 Å². The molecule has 15 heavy (non-hydrogen) atoms. The molecule has 2 heteroatoms. The van der Waals surface area contributed by atoms with Crippen molar-refractivity contribution in [1.82, 2.24) is 4.57 Å². The van der Waals surface area contributed by atoms with Crippen molar-refractivity contribution < 1.29 is 4.79 Å². The van der Waals surface area contributed by atoms with Crippen LogP contribution in [0.25, 0.3) is 10.9 Å². The highest BCUT2D eigenvalue weighted by Gasteiger charge is 2.04. The van der Waals surface area contributed by atoms with Crippen LogP contribution >= 0.6 is 0 Å². The molecule has 2 rings (SSSR count). The van der Waals surface area contributed by atoms with Crippen molar-refractivity contribution in [2.75, 3.05) is 0 Å². The number of para-hydroxylation sites is 1. The first-order valence-electron chi connectivity index (χ1n) is 5.29. The Hall–Kier alpha value is -1.57. The van der Waals surface area contributed by atoms with E-state index in [0.29, 0.717) is 12.3 Å². The predicted molar refractivity (Wildman–Crippen MR) is 61.8 cm³/mol. The molecule has 2 aromatic rings. The molecule has 0 amide bonds. The molecule has 0 aliphatic carbocycles. The minimum Gasteiger partial charge on any atom is -0.347 e. The second kappa shape index (κ2) is 4.30. The third-order valence-electron chi connectivity index (χ3n) is 2.69. The van der Waals surface area contributed by atoms with Crippen LogP contribution in [0, 0.1) is 5.92 Å². The van der Waals surface area contributed by atoms with Gasteiger partial charge in [-0.3, -0.25) is 0 Å². The van der Waals surface area contributed by atoms with E-state index in [0.717, 1.165) is 12.8 Å². The highest BCUT2D eigenvalue weighted by molar-refractivity contribution is 5.79. The Morgan fingerprint density at radius 2 is 2.13 bits per heavy atom. The zero-order valence-electron chi connectivity index (χ0n) is 8.89. The van der Waals surface area contributed by atoms with Crippen LogP contribution in [0.15, 0.2) is 36.5 Å². The lowest BCUT2D eigenvalue weighted by Gasteiger charge is -2.10. The third kappa shape index (κ3) is 2.09. The van der Waals surface area contributed by atoms with E-state index in [-0.39, 0.29) is 0 Å². The van der Waals surface area contributed by atoms with Gasteiger partial charge in [-0.1, -0.05) is 25.1 Å². The van der Waals surface area contributed by atoms with Gasteiger partial charge in [0, 0.05) is 24.7 Å². The Balaban J connectivity index is 2.24. The quantitative estimate of drug-likeness (QED) is 0.697. The summed E-state index contributed by atoms with van der Waals surface area (Å²) in [7, 11) is 0. The van der Waals surface area contributed by atoms with Crippen LogP contribution in [0.5, 0.6) is 0 Å². The molecule has 0 aliphatic heterocycles. The summed E-state index contributed by atoms with van der Waals surface area (Å²) < 4.78 is 2.21. The monoisotopic (exact) mass is 201 g/mol. The maximum atomic E-state index is 10.4. The molecular formula is C13H15NO. The molecule has 2 nitrogen and oxygen atoms in total. The number of aromatic nitrogens is 1. The number of hydrogen-bond acceptors (Lipinski definition) is 1. The third-order valence-corrected chi connectivity index (χ3v) is 2.69. The lowest BCUT2D eigenvalue weighted by molar-refractivity contribution is -0.108. The van der Waals surface area contributed by atoms with E-state index in [9.17, 15) is 4.79 Å². The summed E-state index contributed by atoms with van der Waals surface area (Å²) in [6.07, 6.45) is 3.72. The summed E-state index contributed by atoms with van der Waals surface area (Å²) in [6, 6.07) is 10.4. The summed E-state index contributed by atoms with van der Waals surface area (Å²) >= 11 is 0. The average Bonchev–Trinajstić information content (AvgIpc) is 2.62. The van der Waals surface area contributed by atoms with Gasteiger partial charge < -0.3 is 9.36 Å². The minimum absolute atomic E-state index is 0.401. The average molecular weight is 201 g/mol. The predicted octanol–water partition coefficient (Wildman–Crippen LogP) is 2.87. The number of hydrogen-bond donors (Lipinski definition) is 0. The highest BCUT2D eigenvalue weighted by Crippen LogP contribution is 2.17. The van der Waals surface area contributed by atoms with Gasteiger partial charge in [-0.15, -0.1) is 0 Å². The summed E-state index contributed by atoms with van der Waals surface area (Å²) in [5, 5.41) is 1.26. The summed E-state index contributed by atoms with van der Waals surface area (Å²) in [5.41, 5.74) is 1.25. The molecule has 0 saturated heterocycles. The van der Waals surface area contributed by atoms with Gasteiger partial charge in [-0.05, 0) is 23.4 Å². The molecule has 1 unspecified atom stereocenters. The molecular weight excluding hydrogens is 186 g/mol. The maximum Gasteiger partial charge on any atom is 0.120 e. The number of carbonyl (C=O) groups excluding carboxylic acids is 1. The number of rotatable bonds is 4. The first kappa shape index (κ1) is 9.97. The molecule has 0 spiro atoms. The number of fused-ring (bicyclic) bond motifs is 1. The van der Waals surface area contributed by atoms with Gasteiger partial charge in [0.25, 0.3) is 0 Å². The van der Waals surface area contributed by atoms with Gasteiger partial charge in [-0.2, -0.15) is 0 Å². The fraction of sp³-hybridized carbons (Fsp3) is 0.308. The molecule has 1 atom stereocenters. The number of nitrogens with zero attached hydrogens (tertiary/aromatic N) is 1. The Kier molecular flexibility index (Phi) is 2.86. The SMILES string of the molecule is CC(CC=O)Cn1ccc2ccccc21. The molecule has 1 aromatic carbocycles. The lowest BCUT2D eigenvalue weighted by Crippen LogP contribution is -2.06. The van der Waals surface area contributed by atoms with E-state index >= 15 is 0 Å². The molecule has 0 radical (unpaired) electrons. The zero-order chi connectivity index (χ0) is 10.7. The summed E-state index contributed by atoms with van der Waals surface area (Å²) in [6.45, 7) is 3.01. The van der Waals surface area contributed by atoms with Crippen LogP contribution < -0.4 is 0 Å². The van der Waals surface area contributed by atoms with Crippen molar-refractivity contribution >= 4 is 17.2 Å². The fourth-order valence-corrected chi connectivity index (χ4v) is 1.87. The summed E-state index contributed by atoms with van der Waals surface area (Å²) in [4.78, 5) is 10.4. The zero-order valence-corrected chi connectivity index (χ0v) is 8.89. The normalized spacial score (nSPS) is 12.9. The second-order valence-corrected chi connectivity index (χ2v) is 4.03. The van der Waals surface area contributed by atoms with Crippen molar-refractivity contribution in [2.45, 2.75) is 19.9 Å². The van der Waals surface area contributed by atoms with E-state index in [1.165, 1.54) is 10.9 Å². The second-order valence-electron chi connectivity index (χ2n) is 4.03. The largest absolute Gasteiger partial charge is 0.347 e. The standard InChI is InChI=1S/C13H15NO/c1-11(7-9-15)10-14-8-6-12-4-2-3-5-13(12)14/h2-6,8-9,11H,7,10H2,1H3. The van der Waals surface area contributed by atoms with E-state index in [2.05, 4.69) is 35.9 Å². The minimum atomic E-state index is 0.401. The molecule has 1 heterocycles. The Morgan fingerprint density at radius 1 is 1.33 bits per heavy atom. The fourth-order valence-electron chi connectivity index (χ4n) is 1.87. The number of carbonyl (C=O) groups is 1. The first-order chi connectivity index (χ1) is 7.31. The molecule has 0 saturated carbocycles. The van der Waals surface area contributed by atoms with E-state index < -0.39 is 0 Å². The number of aldehydes is 1. The van der Waals surface area contributed by atoms with E-state index in [1.807, 2.05) is 12.1 Å². The van der Waals surface area contributed by atoms with Gasteiger partial charge in [0.05, 0.1) is 0 Å². The van der Waals surface area contributed by atoms with Crippen molar-refractivity contribution in [2.24, 2.45) is 5.92 Å². The topological polar surface area (TPSA) is 22.0 Å². The molecule has 0 N–H and O–H groups in total. The molecule has 1 aromatic heterocycles. The van der Waals surface area contributed by atoms with Crippen LogP contribution in [0.2, 0.25) is 0 Å². The van der Waals surface area contributed by atoms with Crippen LogP contribution in [0.1, 0.15) is 13.3 Å². The Morgan fingerprint density at radius 3 is 2.93 bits per heavy atom. The Bertz CT molecular complexity index is 458. The first-order valence-corrected chi connectivity index (χ1v) is 5.29. The van der Waals surface area contributed by atoms with E-state index in [4.69, 9.17) is 0 Å². The molecule has 0 aliphatic rings. The van der Waals surface area contributed by atoms with Crippen molar-refractivity contribution in [3.8, 4) is 0 Å². The van der Waals surface area contributed by atoms with Gasteiger partial charge >= 0.3 is 0 Å². The van der Waals surface area contributed by atoms with Gasteiger partial charge in [0.2, 0.25) is 0 Å². The smallest absolute Gasteiger partial charge is 0.120 e. The summed E-state index contributed by atoms with van der Waals surface area (Å²) in [5.74, 6) is 0.401. The highest BCUT2D eigenvalue weighted by atomic mass is 16.1. The van der Waals surface area contributed by atoms with Gasteiger partial charge in [0.15, 0.2) is 0 Å². The molecule has 0 fully saturated rings. The van der Waals surface area contributed by atoms with Crippen LogP contribution in [0.3, 0.4) is 0 Å². The van der Waals surface area contributed by atoms with Crippen LogP contribution in [-0.4, -0.2) is 10.9 Å². The van der Waals surface area contributed by atoms with Crippen LogP contribution in [0.4, 0.5) is 0 Å². The lowest BCUT2D eigenvalue weighted by atomic mass is 10.1. The van der Waals surface area contributed by atoms with Crippen LogP contribution in [-0.2, 0) is 11.3 Å². The molecule has 78 valence electrons.